The fourth-order valence-corrected chi connectivity index (χ4v) is 2.54. The van der Waals surface area contributed by atoms with Gasteiger partial charge >= 0.3 is 0 Å². The molecule has 1 atom stereocenters. The minimum absolute atomic E-state index is 0.243. The third-order valence-electron chi connectivity index (χ3n) is 3.74. The van der Waals surface area contributed by atoms with Crippen LogP contribution in [0.1, 0.15) is 29.2 Å². The molecule has 0 bridgehead atoms. The normalized spacial score (nSPS) is 18.3. The molecule has 4 nitrogen and oxygen atoms in total. The Morgan fingerprint density at radius 3 is 2.84 bits per heavy atom. The van der Waals surface area contributed by atoms with E-state index in [1.165, 1.54) is 11.1 Å². The summed E-state index contributed by atoms with van der Waals surface area (Å²) in [5.41, 5.74) is 2.51. The van der Waals surface area contributed by atoms with E-state index in [9.17, 15) is 5.11 Å². The highest BCUT2D eigenvalue weighted by atomic mass is 16.3. The average Bonchev–Trinajstić information content (AvgIpc) is 2.82. The number of hydrogen-bond acceptors (Lipinski definition) is 3. The number of nitrogens with zero attached hydrogens (tertiary/aromatic N) is 3. The van der Waals surface area contributed by atoms with Crippen LogP contribution in [0.5, 0.6) is 0 Å². The molecule has 0 radical (unpaired) electrons. The number of rotatable bonds is 3. The molecule has 19 heavy (non-hydrogen) atoms. The van der Waals surface area contributed by atoms with Gasteiger partial charge in [-0.05, 0) is 18.9 Å². The second-order valence-corrected chi connectivity index (χ2v) is 5.38. The van der Waals surface area contributed by atoms with Crippen molar-refractivity contribution in [3.63, 3.8) is 0 Å². The van der Waals surface area contributed by atoms with Crippen molar-refractivity contribution < 1.29 is 5.11 Å². The zero-order chi connectivity index (χ0) is 13.2. The quantitative estimate of drug-likeness (QED) is 0.911. The Hall–Kier alpha value is -1.68. The third kappa shape index (κ3) is 2.68. The van der Waals surface area contributed by atoms with Gasteiger partial charge in [0.2, 0.25) is 0 Å². The van der Waals surface area contributed by atoms with E-state index in [1.807, 2.05) is 4.68 Å². The minimum Gasteiger partial charge on any atom is -0.396 e. The number of benzene rings is 1. The maximum atomic E-state index is 9.22. The van der Waals surface area contributed by atoms with Crippen molar-refractivity contribution in [1.29, 1.82) is 0 Å². The highest BCUT2D eigenvalue weighted by molar-refractivity contribution is 5.23. The Bertz CT molecular complexity index is 559. The first-order chi connectivity index (χ1) is 9.24. The summed E-state index contributed by atoms with van der Waals surface area (Å²) in [5, 5.41) is 13.8. The summed E-state index contributed by atoms with van der Waals surface area (Å²) in [6, 6.07) is 8.50. The van der Waals surface area contributed by atoms with Crippen LogP contribution < -0.4 is 0 Å². The second-order valence-electron chi connectivity index (χ2n) is 5.38. The van der Waals surface area contributed by atoms with Crippen molar-refractivity contribution in [2.24, 2.45) is 5.92 Å². The predicted molar refractivity (Wildman–Crippen MR) is 72.9 cm³/mol. The lowest BCUT2D eigenvalue weighted by Gasteiger charge is -2.19. The van der Waals surface area contributed by atoms with Crippen LogP contribution >= 0.6 is 0 Å². The summed E-state index contributed by atoms with van der Waals surface area (Å²) in [5.74, 6) is 2.28. The molecule has 0 amide bonds. The van der Waals surface area contributed by atoms with Gasteiger partial charge in [-0.25, -0.2) is 9.67 Å². The van der Waals surface area contributed by atoms with E-state index < -0.39 is 0 Å². The van der Waals surface area contributed by atoms with Crippen molar-refractivity contribution in [1.82, 2.24) is 14.8 Å². The molecule has 0 fully saturated rings. The lowest BCUT2D eigenvalue weighted by molar-refractivity contribution is 0.185. The van der Waals surface area contributed by atoms with Gasteiger partial charge in [0.25, 0.3) is 0 Å². The van der Waals surface area contributed by atoms with Crippen molar-refractivity contribution in [2.75, 3.05) is 6.61 Å². The summed E-state index contributed by atoms with van der Waals surface area (Å²) in [6.07, 6.45) is 2.72. The maximum absolute atomic E-state index is 9.22. The lowest BCUT2D eigenvalue weighted by Crippen LogP contribution is -2.23. The van der Waals surface area contributed by atoms with Gasteiger partial charge < -0.3 is 5.11 Å². The zero-order valence-corrected chi connectivity index (χ0v) is 11.2. The number of aromatic nitrogens is 3. The zero-order valence-electron chi connectivity index (χ0n) is 11.2. The molecule has 1 aliphatic rings. The van der Waals surface area contributed by atoms with Crippen molar-refractivity contribution >= 4 is 0 Å². The molecule has 4 heteroatoms. The molecule has 1 aliphatic heterocycles. The summed E-state index contributed by atoms with van der Waals surface area (Å²) < 4.78 is 1.97. The number of fused-ring (bicyclic) bond motifs is 1. The summed E-state index contributed by atoms with van der Waals surface area (Å²) >= 11 is 0. The molecule has 0 saturated heterocycles. The average molecular weight is 257 g/mol. The first kappa shape index (κ1) is 12.4. The Kier molecular flexibility index (Phi) is 3.34. The van der Waals surface area contributed by atoms with Gasteiger partial charge in [-0.1, -0.05) is 29.8 Å². The first-order valence-electron chi connectivity index (χ1n) is 6.83. The molecule has 0 aliphatic carbocycles. The number of aliphatic hydroxyl groups is 1. The Labute approximate surface area is 113 Å². The van der Waals surface area contributed by atoms with E-state index in [1.54, 1.807) is 0 Å². The Balaban J connectivity index is 1.76. The topological polar surface area (TPSA) is 50.9 Å². The van der Waals surface area contributed by atoms with Gasteiger partial charge in [0.05, 0.1) is 0 Å². The monoisotopic (exact) mass is 257 g/mol. The molecule has 1 aromatic carbocycles. The van der Waals surface area contributed by atoms with Gasteiger partial charge in [0.15, 0.2) is 5.82 Å². The van der Waals surface area contributed by atoms with E-state index in [-0.39, 0.29) is 6.61 Å². The van der Waals surface area contributed by atoms with Gasteiger partial charge in [-0.2, -0.15) is 5.10 Å². The van der Waals surface area contributed by atoms with Crippen LogP contribution in [0, 0.1) is 12.8 Å². The summed E-state index contributed by atoms with van der Waals surface area (Å²) in [4.78, 5) is 4.61. The second kappa shape index (κ2) is 5.13. The van der Waals surface area contributed by atoms with E-state index in [0.29, 0.717) is 5.92 Å². The smallest absolute Gasteiger partial charge is 0.155 e. The highest BCUT2D eigenvalue weighted by Crippen LogP contribution is 2.18. The Morgan fingerprint density at radius 2 is 2.11 bits per heavy atom. The molecule has 3 rings (SSSR count). The van der Waals surface area contributed by atoms with Crippen molar-refractivity contribution in [3.05, 3.63) is 47.0 Å². The van der Waals surface area contributed by atoms with Crippen LogP contribution in [-0.4, -0.2) is 26.5 Å². The highest BCUT2D eigenvalue weighted by Gasteiger charge is 2.20. The maximum Gasteiger partial charge on any atom is 0.155 e. The SMILES string of the molecule is Cc1ccc(Cc2nc3n(n2)CC(CO)CC3)cc1. The van der Waals surface area contributed by atoms with Gasteiger partial charge in [-0.3, -0.25) is 0 Å². The fourth-order valence-electron chi connectivity index (χ4n) is 2.54. The largest absolute Gasteiger partial charge is 0.396 e. The van der Waals surface area contributed by atoms with Crippen LogP contribution in [-0.2, 0) is 19.4 Å². The molecule has 1 unspecified atom stereocenters. The number of hydrogen-bond donors (Lipinski definition) is 1. The van der Waals surface area contributed by atoms with E-state index in [4.69, 9.17) is 0 Å². The summed E-state index contributed by atoms with van der Waals surface area (Å²) in [7, 11) is 0. The molecule has 0 spiro atoms. The van der Waals surface area contributed by atoms with Gasteiger partial charge in [-0.15, -0.1) is 0 Å². The molecular formula is C15H19N3O. The predicted octanol–water partition coefficient (Wildman–Crippen LogP) is 1.73. The Morgan fingerprint density at radius 1 is 1.32 bits per heavy atom. The number of aliphatic hydroxyl groups excluding tert-OH is 1. The lowest BCUT2D eigenvalue weighted by atomic mass is 10.0. The standard InChI is InChI=1S/C15H19N3O/c1-11-2-4-12(5-3-11)8-14-16-15-7-6-13(10-19)9-18(15)17-14/h2-5,13,19H,6-10H2,1H3. The van der Waals surface area contributed by atoms with Gasteiger partial charge in [0, 0.05) is 31.9 Å². The molecule has 2 heterocycles. The first-order valence-corrected chi connectivity index (χ1v) is 6.83. The van der Waals surface area contributed by atoms with E-state index in [0.717, 1.165) is 37.5 Å². The van der Waals surface area contributed by atoms with Crippen LogP contribution in [0.2, 0.25) is 0 Å². The van der Waals surface area contributed by atoms with Crippen molar-refractivity contribution in [2.45, 2.75) is 32.7 Å². The fraction of sp³-hybridized carbons (Fsp3) is 0.467. The van der Waals surface area contributed by atoms with Crippen molar-refractivity contribution in [3.8, 4) is 0 Å². The molecular weight excluding hydrogens is 238 g/mol. The van der Waals surface area contributed by atoms with Crippen LogP contribution in [0.25, 0.3) is 0 Å². The minimum atomic E-state index is 0.243. The molecule has 2 aromatic rings. The van der Waals surface area contributed by atoms with Gasteiger partial charge in [0.1, 0.15) is 5.82 Å². The van der Waals surface area contributed by atoms with Crippen LogP contribution in [0.3, 0.4) is 0 Å². The van der Waals surface area contributed by atoms with E-state index >= 15 is 0 Å². The molecule has 1 aromatic heterocycles. The van der Waals surface area contributed by atoms with Crippen LogP contribution in [0.15, 0.2) is 24.3 Å². The molecule has 0 saturated carbocycles. The molecule has 100 valence electrons. The third-order valence-corrected chi connectivity index (χ3v) is 3.74. The number of aryl methyl sites for hydroxylation is 2. The van der Waals surface area contributed by atoms with E-state index in [2.05, 4.69) is 41.3 Å². The molecule has 1 N–H and O–H groups in total. The summed E-state index contributed by atoms with van der Waals surface area (Å²) in [6.45, 7) is 3.13. The van der Waals surface area contributed by atoms with Crippen LogP contribution in [0.4, 0.5) is 0 Å².